The molecule has 2 saturated heterocycles. The number of hydrogen-bond donors (Lipinski definition) is 2. The number of nitrogens with one attached hydrogen (secondary N) is 2. The van der Waals surface area contributed by atoms with Crippen molar-refractivity contribution in [3.05, 3.63) is 0 Å². The fourth-order valence-corrected chi connectivity index (χ4v) is 4.80. The zero-order valence-corrected chi connectivity index (χ0v) is 13.3. The Kier molecular flexibility index (Phi) is 4.74. The summed E-state index contributed by atoms with van der Waals surface area (Å²) in [5.41, 5.74) is -0.450. The molecule has 1 amide bonds. The molecule has 20 heavy (non-hydrogen) atoms. The molecule has 5 nitrogen and oxygen atoms in total. The second kappa shape index (κ2) is 6.02. The fraction of sp³-hybridized carbons (Fsp3) is 0.929. The highest BCUT2D eigenvalue weighted by molar-refractivity contribution is 7.91. The van der Waals surface area contributed by atoms with Gasteiger partial charge in [-0.1, -0.05) is 13.8 Å². The lowest BCUT2D eigenvalue weighted by Gasteiger charge is -2.37. The van der Waals surface area contributed by atoms with E-state index in [9.17, 15) is 13.2 Å². The quantitative estimate of drug-likeness (QED) is 0.805. The van der Waals surface area contributed by atoms with E-state index in [1.54, 1.807) is 0 Å². The molecule has 0 spiro atoms. The summed E-state index contributed by atoms with van der Waals surface area (Å²) in [5.74, 6) is 0.664. The molecule has 0 aromatic carbocycles. The maximum Gasteiger partial charge on any atom is 0.226 e. The first-order valence-electron chi connectivity index (χ1n) is 7.53. The lowest BCUT2D eigenvalue weighted by atomic mass is 9.74. The highest BCUT2D eigenvalue weighted by atomic mass is 32.2. The Balaban J connectivity index is 1.96. The van der Waals surface area contributed by atoms with Crippen LogP contribution in [0.3, 0.4) is 0 Å². The minimum Gasteiger partial charge on any atom is -0.352 e. The van der Waals surface area contributed by atoms with E-state index in [2.05, 4.69) is 10.6 Å². The number of hydrogen-bond acceptors (Lipinski definition) is 4. The summed E-state index contributed by atoms with van der Waals surface area (Å²) in [6, 6.07) is -0.211. The van der Waals surface area contributed by atoms with Crippen LogP contribution in [0, 0.1) is 11.3 Å². The summed E-state index contributed by atoms with van der Waals surface area (Å²) >= 11 is 0. The maximum atomic E-state index is 12.5. The second-order valence-electron chi connectivity index (χ2n) is 6.69. The topological polar surface area (TPSA) is 75.3 Å². The van der Waals surface area contributed by atoms with Gasteiger partial charge in [-0.3, -0.25) is 4.79 Å². The Hall–Kier alpha value is -0.620. The first-order chi connectivity index (χ1) is 9.31. The molecule has 0 aromatic rings. The molecule has 116 valence electrons. The van der Waals surface area contributed by atoms with Gasteiger partial charge in [-0.2, -0.15) is 0 Å². The van der Waals surface area contributed by atoms with E-state index in [0.717, 1.165) is 32.4 Å². The van der Waals surface area contributed by atoms with Crippen LogP contribution in [0.5, 0.6) is 0 Å². The van der Waals surface area contributed by atoms with Gasteiger partial charge in [0.15, 0.2) is 9.84 Å². The number of sulfone groups is 1. The van der Waals surface area contributed by atoms with Crippen molar-refractivity contribution >= 4 is 15.7 Å². The van der Waals surface area contributed by atoms with Crippen LogP contribution in [-0.2, 0) is 14.6 Å². The lowest BCUT2D eigenvalue weighted by molar-refractivity contribution is -0.133. The van der Waals surface area contributed by atoms with E-state index < -0.39 is 15.3 Å². The zero-order chi connectivity index (χ0) is 14.8. The third kappa shape index (κ3) is 3.73. The molecule has 2 aliphatic rings. The SMILES string of the molecule is CC(C)(C(=O)NC1CCCS(=O)(=O)C1)C1CCCNC1. The highest BCUT2D eigenvalue weighted by Gasteiger charge is 2.38. The molecule has 2 aliphatic heterocycles. The van der Waals surface area contributed by atoms with Gasteiger partial charge in [0.1, 0.15) is 0 Å². The van der Waals surface area contributed by atoms with Gasteiger partial charge in [0.25, 0.3) is 0 Å². The third-order valence-electron chi connectivity index (χ3n) is 4.70. The minimum atomic E-state index is -2.97. The van der Waals surface area contributed by atoms with Gasteiger partial charge >= 0.3 is 0 Å². The monoisotopic (exact) mass is 302 g/mol. The lowest BCUT2D eigenvalue weighted by Crippen LogP contribution is -2.52. The number of amides is 1. The molecule has 2 unspecified atom stereocenters. The molecular formula is C14H26N2O3S. The molecule has 2 rings (SSSR count). The van der Waals surface area contributed by atoms with Crippen molar-refractivity contribution < 1.29 is 13.2 Å². The molecule has 0 radical (unpaired) electrons. The van der Waals surface area contributed by atoms with E-state index in [1.807, 2.05) is 13.8 Å². The normalized spacial score (nSPS) is 30.7. The van der Waals surface area contributed by atoms with Crippen LogP contribution in [0.1, 0.15) is 39.5 Å². The van der Waals surface area contributed by atoms with Gasteiger partial charge in [-0.15, -0.1) is 0 Å². The van der Waals surface area contributed by atoms with Gasteiger partial charge < -0.3 is 10.6 Å². The Morgan fingerprint density at radius 1 is 1.25 bits per heavy atom. The Labute approximate surface area is 121 Å². The van der Waals surface area contributed by atoms with Crippen LogP contribution in [0.2, 0.25) is 0 Å². The third-order valence-corrected chi connectivity index (χ3v) is 6.52. The summed E-state index contributed by atoms with van der Waals surface area (Å²) in [7, 11) is -2.97. The number of carbonyl (C=O) groups excluding carboxylic acids is 1. The van der Waals surface area contributed by atoms with Crippen molar-refractivity contribution in [2.75, 3.05) is 24.6 Å². The number of piperidine rings is 1. The van der Waals surface area contributed by atoms with Crippen LogP contribution in [0.4, 0.5) is 0 Å². The Morgan fingerprint density at radius 3 is 2.60 bits per heavy atom. The molecular weight excluding hydrogens is 276 g/mol. The average Bonchev–Trinajstić information content (AvgIpc) is 2.38. The number of rotatable bonds is 3. The first kappa shape index (κ1) is 15.8. The van der Waals surface area contributed by atoms with Crippen LogP contribution < -0.4 is 10.6 Å². The zero-order valence-electron chi connectivity index (χ0n) is 12.4. The molecule has 2 atom stereocenters. The van der Waals surface area contributed by atoms with E-state index >= 15 is 0 Å². The van der Waals surface area contributed by atoms with Crippen molar-refractivity contribution in [3.8, 4) is 0 Å². The molecule has 0 bridgehead atoms. The standard InChI is InChI=1S/C14H26N2O3S/c1-14(2,11-5-3-7-15-9-11)13(17)16-12-6-4-8-20(18,19)10-12/h11-12,15H,3-10H2,1-2H3,(H,16,17). The summed E-state index contributed by atoms with van der Waals surface area (Å²) in [6.07, 6.45) is 3.57. The van der Waals surface area contributed by atoms with Crippen LogP contribution >= 0.6 is 0 Å². The maximum absolute atomic E-state index is 12.5. The van der Waals surface area contributed by atoms with Crippen molar-refractivity contribution in [2.45, 2.75) is 45.6 Å². The predicted molar refractivity (Wildman–Crippen MR) is 79.2 cm³/mol. The van der Waals surface area contributed by atoms with Crippen LogP contribution in [0.15, 0.2) is 0 Å². The van der Waals surface area contributed by atoms with Crippen LogP contribution in [-0.4, -0.2) is 45.0 Å². The summed E-state index contributed by atoms with van der Waals surface area (Å²) < 4.78 is 23.3. The van der Waals surface area contributed by atoms with E-state index in [1.165, 1.54) is 0 Å². The average molecular weight is 302 g/mol. The van der Waals surface area contributed by atoms with Gasteiger partial charge in [0.2, 0.25) is 5.91 Å². The molecule has 2 fully saturated rings. The van der Waals surface area contributed by atoms with Crippen molar-refractivity contribution in [1.82, 2.24) is 10.6 Å². The second-order valence-corrected chi connectivity index (χ2v) is 8.92. The molecule has 6 heteroatoms. The van der Waals surface area contributed by atoms with Crippen molar-refractivity contribution in [1.29, 1.82) is 0 Å². The van der Waals surface area contributed by atoms with Crippen LogP contribution in [0.25, 0.3) is 0 Å². The van der Waals surface area contributed by atoms with E-state index in [-0.39, 0.29) is 23.5 Å². The van der Waals surface area contributed by atoms with E-state index in [4.69, 9.17) is 0 Å². The largest absolute Gasteiger partial charge is 0.352 e. The molecule has 0 aliphatic carbocycles. The Bertz CT molecular complexity index is 453. The smallest absolute Gasteiger partial charge is 0.226 e. The van der Waals surface area contributed by atoms with Gasteiger partial charge in [0, 0.05) is 11.5 Å². The molecule has 2 N–H and O–H groups in total. The fourth-order valence-electron chi connectivity index (χ4n) is 3.16. The van der Waals surface area contributed by atoms with Gasteiger partial charge in [-0.05, 0) is 44.7 Å². The molecule has 0 saturated carbocycles. The first-order valence-corrected chi connectivity index (χ1v) is 9.35. The van der Waals surface area contributed by atoms with Gasteiger partial charge in [0.05, 0.1) is 11.5 Å². The summed E-state index contributed by atoms with van der Waals surface area (Å²) in [4.78, 5) is 12.5. The highest BCUT2D eigenvalue weighted by Crippen LogP contribution is 2.32. The summed E-state index contributed by atoms with van der Waals surface area (Å²) in [6.45, 7) is 5.83. The van der Waals surface area contributed by atoms with E-state index in [0.29, 0.717) is 12.3 Å². The molecule has 0 aromatic heterocycles. The molecule has 2 heterocycles. The Morgan fingerprint density at radius 2 is 2.00 bits per heavy atom. The van der Waals surface area contributed by atoms with Crippen molar-refractivity contribution in [2.24, 2.45) is 11.3 Å². The summed E-state index contributed by atoms with van der Waals surface area (Å²) in [5, 5.41) is 6.30. The number of carbonyl (C=O) groups is 1. The van der Waals surface area contributed by atoms with Gasteiger partial charge in [-0.25, -0.2) is 8.42 Å². The minimum absolute atomic E-state index is 0.00620. The predicted octanol–water partition coefficient (Wildman–Crippen LogP) is 0.706. The van der Waals surface area contributed by atoms with Crippen molar-refractivity contribution in [3.63, 3.8) is 0 Å².